The molecule has 0 radical (unpaired) electrons. The molecule has 1 atom stereocenters. The van der Waals surface area contributed by atoms with Gasteiger partial charge in [0.05, 0.1) is 12.6 Å². The van der Waals surface area contributed by atoms with E-state index >= 15 is 0 Å². The molecule has 0 aliphatic heterocycles. The van der Waals surface area contributed by atoms with Gasteiger partial charge in [0.25, 0.3) is 11.8 Å². The monoisotopic (exact) mass is 454 g/mol. The van der Waals surface area contributed by atoms with Crippen molar-refractivity contribution in [1.29, 1.82) is 0 Å². The summed E-state index contributed by atoms with van der Waals surface area (Å²) in [6.07, 6.45) is 4.22. The van der Waals surface area contributed by atoms with Crippen LogP contribution in [-0.2, 0) is 6.42 Å². The van der Waals surface area contributed by atoms with Crippen molar-refractivity contribution >= 4 is 11.8 Å². The van der Waals surface area contributed by atoms with Gasteiger partial charge in [0, 0.05) is 30.3 Å². The van der Waals surface area contributed by atoms with E-state index < -0.39 is 17.8 Å². The van der Waals surface area contributed by atoms with Gasteiger partial charge in [0.2, 0.25) is 0 Å². The third-order valence-electron chi connectivity index (χ3n) is 4.84. The average molecular weight is 455 g/mol. The van der Waals surface area contributed by atoms with E-state index in [2.05, 4.69) is 18.5 Å². The molecule has 2 N–H and O–H groups in total. The topological polar surface area (TPSA) is 78.9 Å². The van der Waals surface area contributed by atoms with Gasteiger partial charge in [-0.3, -0.25) is 9.59 Å². The second-order valence-electron chi connectivity index (χ2n) is 7.57. The van der Waals surface area contributed by atoms with Crippen LogP contribution in [0.15, 0.2) is 67.8 Å². The summed E-state index contributed by atoms with van der Waals surface area (Å²) < 4.78 is 19.3. The minimum atomic E-state index is -0.650. The standard InChI is InChI=1S/C26H31FN2O4/c1-4-10-29(11-5-2)26(32)21-9-7-8-20(16-21)25(31)28-23(18-30)14-19-13-22(27)17-24(15-19)33-12-6-3/h4,6-9,13,15-17,23,30H,1,3,5,10-12,14,18H2,2H3,(H,28,31). The maximum atomic E-state index is 13.9. The number of aliphatic hydroxyl groups is 1. The highest BCUT2D eigenvalue weighted by molar-refractivity contribution is 5.99. The molecular weight excluding hydrogens is 423 g/mol. The normalized spacial score (nSPS) is 11.4. The van der Waals surface area contributed by atoms with Crippen LogP contribution >= 0.6 is 0 Å². The van der Waals surface area contributed by atoms with Crippen molar-refractivity contribution in [2.24, 2.45) is 0 Å². The van der Waals surface area contributed by atoms with Crippen molar-refractivity contribution in [2.75, 3.05) is 26.3 Å². The highest BCUT2D eigenvalue weighted by Gasteiger charge is 2.18. The predicted molar refractivity (Wildman–Crippen MR) is 127 cm³/mol. The number of nitrogens with zero attached hydrogens (tertiary/aromatic N) is 1. The summed E-state index contributed by atoms with van der Waals surface area (Å²) in [5, 5.41) is 12.5. The molecule has 0 heterocycles. The number of halogens is 1. The number of benzene rings is 2. The lowest BCUT2D eigenvalue weighted by Crippen LogP contribution is -2.39. The number of amides is 2. The fourth-order valence-corrected chi connectivity index (χ4v) is 3.37. The van der Waals surface area contributed by atoms with Gasteiger partial charge in [-0.2, -0.15) is 0 Å². The lowest BCUT2D eigenvalue weighted by Gasteiger charge is -2.21. The SMILES string of the molecule is C=CCOc1cc(F)cc(CC(CO)NC(=O)c2cccc(C(=O)N(CC=C)CCC)c2)c1. The van der Waals surface area contributed by atoms with Gasteiger partial charge >= 0.3 is 0 Å². The molecule has 2 aromatic rings. The fraction of sp³-hybridized carbons (Fsp3) is 0.308. The van der Waals surface area contributed by atoms with Gasteiger partial charge in [-0.15, -0.1) is 6.58 Å². The van der Waals surface area contributed by atoms with Gasteiger partial charge in [0.15, 0.2) is 0 Å². The van der Waals surface area contributed by atoms with Crippen LogP contribution in [0.2, 0.25) is 0 Å². The summed E-state index contributed by atoms with van der Waals surface area (Å²) in [5.41, 5.74) is 1.26. The van der Waals surface area contributed by atoms with E-state index in [4.69, 9.17) is 4.74 Å². The Morgan fingerprint density at radius 3 is 2.61 bits per heavy atom. The van der Waals surface area contributed by atoms with Crippen molar-refractivity contribution in [1.82, 2.24) is 10.2 Å². The predicted octanol–water partition coefficient (Wildman–Crippen LogP) is 3.76. The van der Waals surface area contributed by atoms with Crippen LogP contribution in [0, 0.1) is 5.82 Å². The molecule has 2 rings (SSSR count). The molecular formula is C26H31FN2O4. The molecule has 0 aromatic heterocycles. The quantitative estimate of drug-likeness (QED) is 0.452. The Morgan fingerprint density at radius 2 is 1.94 bits per heavy atom. The minimum absolute atomic E-state index is 0.183. The first-order valence-corrected chi connectivity index (χ1v) is 10.9. The second kappa shape index (κ2) is 13.2. The molecule has 0 bridgehead atoms. The number of carbonyl (C=O) groups excluding carboxylic acids is 2. The lowest BCUT2D eigenvalue weighted by atomic mass is 10.0. The van der Waals surface area contributed by atoms with Gasteiger partial charge < -0.3 is 20.1 Å². The van der Waals surface area contributed by atoms with Crippen LogP contribution < -0.4 is 10.1 Å². The first-order valence-electron chi connectivity index (χ1n) is 10.9. The van der Waals surface area contributed by atoms with Gasteiger partial charge in [-0.05, 0) is 48.7 Å². The molecule has 33 heavy (non-hydrogen) atoms. The molecule has 0 aliphatic carbocycles. The third-order valence-corrected chi connectivity index (χ3v) is 4.84. The molecule has 0 spiro atoms. The van der Waals surface area contributed by atoms with E-state index in [1.807, 2.05) is 6.92 Å². The van der Waals surface area contributed by atoms with Gasteiger partial charge in [-0.1, -0.05) is 31.7 Å². The van der Waals surface area contributed by atoms with Gasteiger partial charge in [0.1, 0.15) is 18.2 Å². The molecule has 2 amide bonds. The van der Waals surface area contributed by atoms with Crippen molar-refractivity contribution < 1.29 is 23.8 Å². The molecule has 176 valence electrons. The van der Waals surface area contributed by atoms with Gasteiger partial charge in [-0.25, -0.2) is 4.39 Å². The number of hydrogen-bond acceptors (Lipinski definition) is 4. The molecule has 0 saturated carbocycles. The molecule has 1 unspecified atom stereocenters. The van der Waals surface area contributed by atoms with Crippen molar-refractivity contribution in [2.45, 2.75) is 25.8 Å². The summed E-state index contributed by atoms with van der Waals surface area (Å²) in [6.45, 7) is 10.1. The summed E-state index contributed by atoms with van der Waals surface area (Å²) in [4.78, 5) is 27.3. The first-order chi connectivity index (χ1) is 15.9. The molecule has 6 nitrogen and oxygen atoms in total. The number of aliphatic hydroxyl groups excluding tert-OH is 1. The zero-order valence-corrected chi connectivity index (χ0v) is 18.9. The lowest BCUT2D eigenvalue weighted by molar-refractivity contribution is 0.0774. The van der Waals surface area contributed by atoms with E-state index in [1.165, 1.54) is 18.2 Å². The number of hydrogen-bond donors (Lipinski definition) is 2. The van der Waals surface area contributed by atoms with E-state index in [0.29, 0.717) is 35.5 Å². The Hall–Kier alpha value is -3.45. The highest BCUT2D eigenvalue weighted by atomic mass is 19.1. The summed E-state index contributed by atoms with van der Waals surface area (Å²) in [6, 6.07) is 10.0. The van der Waals surface area contributed by atoms with Crippen LogP contribution in [0.3, 0.4) is 0 Å². The maximum absolute atomic E-state index is 13.9. The second-order valence-corrected chi connectivity index (χ2v) is 7.57. The van der Waals surface area contributed by atoms with Crippen LogP contribution in [0.5, 0.6) is 5.75 Å². The summed E-state index contributed by atoms with van der Waals surface area (Å²) in [7, 11) is 0. The Labute approximate surface area is 194 Å². The minimum Gasteiger partial charge on any atom is -0.489 e. The van der Waals surface area contributed by atoms with Crippen molar-refractivity contribution in [3.63, 3.8) is 0 Å². The average Bonchev–Trinajstić information content (AvgIpc) is 2.81. The maximum Gasteiger partial charge on any atom is 0.254 e. The Morgan fingerprint density at radius 1 is 1.18 bits per heavy atom. The third kappa shape index (κ3) is 7.88. The van der Waals surface area contributed by atoms with Crippen LogP contribution in [0.1, 0.15) is 39.6 Å². The van der Waals surface area contributed by atoms with Crippen molar-refractivity contribution in [3.8, 4) is 5.75 Å². The van der Waals surface area contributed by atoms with Crippen molar-refractivity contribution in [3.05, 3.63) is 90.3 Å². The van der Waals surface area contributed by atoms with E-state index in [1.54, 1.807) is 41.3 Å². The first kappa shape index (κ1) is 25.8. The zero-order valence-electron chi connectivity index (χ0n) is 18.9. The Balaban J connectivity index is 2.12. The Bertz CT molecular complexity index is 977. The summed E-state index contributed by atoms with van der Waals surface area (Å²) >= 11 is 0. The van der Waals surface area contributed by atoms with E-state index in [-0.39, 0.29) is 25.5 Å². The van der Waals surface area contributed by atoms with Crippen LogP contribution in [0.4, 0.5) is 4.39 Å². The summed E-state index contributed by atoms with van der Waals surface area (Å²) in [5.74, 6) is -0.752. The fourth-order valence-electron chi connectivity index (χ4n) is 3.37. The van der Waals surface area contributed by atoms with E-state index in [0.717, 1.165) is 6.42 Å². The van der Waals surface area contributed by atoms with Crippen LogP contribution in [-0.4, -0.2) is 54.2 Å². The number of carbonyl (C=O) groups is 2. The van der Waals surface area contributed by atoms with E-state index in [9.17, 15) is 19.1 Å². The van der Waals surface area contributed by atoms with Crippen LogP contribution in [0.25, 0.3) is 0 Å². The highest BCUT2D eigenvalue weighted by Crippen LogP contribution is 2.18. The smallest absolute Gasteiger partial charge is 0.254 e. The molecule has 0 aliphatic rings. The molecule has 2 aromatic carbocycles. The number of nitrogens with one attached hydrogen (secondary N) is 1. The molecule has 0 fully saturated rings. The zero-order chi connectivity index (χ0) is 24.2. The molecule has 0 saturated heterocycles. The molecule has 7 heteroatoms. The largest absolute Gasteiger partial charge is 0.489 e. The number of rotatable bonds is 13. The number of ether oxygens (including phenoxy) is 1. The Kier molecular flexibility index (Phi) is 10.3.